The molecule has 8 nitrogen and oxygen atoms in total. The van der Waals surface area contributed by atoms with Crippen LogP contribution in [-0.2, 0) is 16.8 Å². The largest absolute Gasteiger partial charge is 0.479 e. The van der Waals surface area contributed by atoms with Gasteiger partial charge in [0.25, 0.3) is 0 Å². The van der Waals surface area contributed by atoms with Crippen molar-refractivity contribution in [3.63, 3.8) is 0 Å². The second kappa shape index (κ2) is 5.61. The number of nitrogens with zero attached hydrogens (tertiary/aromatic N) is 5. The first-order valence-electron chi connectivity index (χ1n) is 7.47. The van der Waals surface area contributed by atoms with Gasteiger partial charge in [-0.15, -0.1) is 5.10 Å². The first-order valence-corrected chi connectivity index (χ1v) is 7.85. The minimum absolute atomic E-state index is 0.101. The van der Waals surface area contributed by atoms with Crippen LogP contribution in [0.4, 0.5) is 0 Å². The summed E-state index contributed by atoms with van der Waals surface area (Å²) in [5.41, 5.74) is 1.16. The van der Waals surface area contributed by atoms with Gasteiger partial charge in [-0.3, -0.25) is 4.98 Å². The molecule has 1 aromatic carbocycles. The molecule has 3 aromatic rings. The predicted octanol–water partition coefficient (Wildman–Crippen LogP) is 1.60. The second-order valence-corrected chi connectivity index (χ2v) is 6.25. The number of benzene rings is 1. The zero-order valence-corrected chi connectivity index (χ0v) is 13.6. The van der Waals surface area contributed by atoms with Crippen molar-refractivity contribution in [2.75, 3.05) is 0 Å². The molecule has 0 saturated heterocycles. The fraction of sp³-hybridized carbons (Fsp3) is 0.188. The number of aryl methyl sites for hydroxylation is 1. The number of hydrogen-bond acceptors (Lipinski definition) is 6. The summed E-state index contributed by atoms with van der Waals surface area (Å²) in [5, 5.41) is 31.3. The number of aromatic nitrogens is 5. The van der Waals surface area contributed by atoms with E-state index in [1.165, 1.54) is 17.2 Å². The van der Waals surface area contributed by atoms with Gasteiger partial charge in [0, 0.05) is 22.3 Å². The van der Waals surface area contributed by atoms with Crippen molar-refractivity contribution in [1.82, 2.24) is 25.2 Å². The number of halogens is 1. The third kappa shape index (κ3) is 2.46. The van der Waals surface area contributed by atoms with Crippen LogP contribution in [0.3, 0.4) is 0 Å². The number of pyridine rings is 1. The van der Waals surface area contributed by atoms with Crippen molar-refractivity contribution >= 4 is 17.6 Å². The van der Waals surface area contributed by atoms with Gasteiger partial charge in [-0.1, -0.05) is 11.6 Å². The van der Waals surface area contributed by atoms with Crippen molar-refractivity contribution in [3.05, 3.63) is 53.1 Å². The van der Waals surface area contributed by atoms with E-state index in [0.717, 1.165) is 11.1 Å². The molecular formula is C16H12ClN5O3. The molecule has 1 atom stereocenters. The number of fused-ring (bicyclic) bond motifs is 1. The maximum atomic E-state index is 11.4. The average molecular weight is 358 g/mol. The molecule has 4 rings (SSSR count). The Bertz CT molecular complexity index is 976. The molecule has 126 valence electrons. The molecule has 0 fully saturated rings. The van der Waals surface area contributed by atoms with Crippen molar-refractivity contribution in [1.29, 1.82) is 0 Å². The van der Waals surface area contributed by atoms with E-state index in [0.29, 0.717) is 22.7 Å². The predicted molar refractivity (Wildman–Crippen MR) is 87.2 cm³/mol. The molecule has 2 heterocycles. The molecule has 2 aromatic heterocycles. The monoisotopic (exact) mass is 357 g/mol. The summed E-state index contributed by atoms with van der Waals surface area (Å²) >= 11 is 6.13. The third-order valence-electron chi connectivity index (χ3n) is 4.33. The SMILES string of the molecule is O=C(O)C1(O)CCc2cc(-c3cc(Cl)ccc3-n3cnnn3)cnc21. The number of rotatable bonds is 3. The molecule has 0 radical (unpaired) electrons. The van der Waals surface area contributed by atoms with E-state index in [2.05, 4.69) is 20.5 Å². The van der Waals surface area contributed by atoms with Crippen molar-refractivity contribution < 1.29 is 15.0 Å². The molecule has 1 aliphatic carbocycles. The molecule has 1 aliphatic rings. The van der Waals surface area contributed by atoms with Crippen LogP contribution in [0.25, 0.3) is 16.8 Å². The van der Waals surface area contributed by atoms with Crippen LogP contribution in [0, 0.1) is 0 Å². The smallest absolute Gasteiger partial charge is 0.342 e. The second-order valence-electron chi connectivity index (χ2n) is 5.81. The Kier molecular flexibility index (Phi) is 3.52. The summed E-state index contributed by atoms with van der Waals surface area (Å²) in [4.78, 5) is 15.6. The van der Waals surface area contributed by atoms with Crippen LogP contribution < -0.4 is 0 Å². The van der Waals surface area contributed by atoms with Crippen LogP contribution in [0.5, 0.6) is 0 Å². The first-order chi connectivity index (χ1) is 12.0. The summed E-state index contributed by atoms with van der Waals surface area (Å²) in [6, 6.07) is 7.10. The Labute approximate surface area is 146 Å². The van der Waals surface area contributed by atoms with E-state index in [1.54, 1.807) is 18.2 Å². The van der Waals surface area contributed by atoms with E-state index in [4.69, 9.17) is 11.6 Å². The van der Waals surface area contributed by atoms with Gasteiger partial charge in [0.1, 0.15) is 6.33 Å². The van der Waals surface area contributed by atoms with Crippen molar-refractivity contribution in [2.24, 2.45) is 0 Å². The van der Waals surface area contributed by atoms with Crippen LogP contribution >= 0.6 is 11.6 Å². The Morgan fingerprint density at radius 1 is 1.32 bits per heavy atom. The summed E-state index contributed by atoms with van der Waals surface area (Å²) in [6.07, 6.45) is 3.53. The standard InChI is InChI=1S/C16H12ClN5O3/c17-11-1-2-13(22-8-19-20-21-22)12(6-11)10-5-9-3-4-16(25,15(23)24)14(9)18-7-10/h1-2,5-8,25H,3-4H2,(H,23,24). The zero-order valence-electron chi connectivity index (χ0n) is 12.8. The first kappa shape index (κ1) is 15.7. The Morgan fingerprint density at radius 2 is 2.16 bits per heavy atom. The fourth-order valence-corrected chi connectivity index (χ4v) is 3.25. The van der Waals surface area contributed by atoms with Gasteiger partial charge >= 0.3 is 5.97 Å². The van der Waals surface area contributed by atoms with Crippen LogP contribution in [0.1, 0.15) is 17.7 Å². The summed E-state index contributed by atoms with van der Waals surface area (Å²) in [7, 11) is 0. The molecule has 9 heteroatoms. The lowest BCUT2D eigenvalue weighted by Gasteiger charge is -2.17. The Balaban J connectivity index is 1.85. The van der Waals surface area contributed by atoms with Crippen molar-refractivity contribution in [2.45, 2.75) is 18.4 Å². The summed E-state index contributed by atoms with van der Waals surface area (Å²) in [6.45, 7) is 0. The van der Waals surface area contributed by atoms with Crippen LogP contribution in [0.2, 0.25) is 5.02 Å². The van der Waals surface area contributed by atoms with Crippen molar-refractivity contribution in [3.8, 4) is 16.8 Å². The molecule has 0 amide bonds. The highest BCUT2D eigenvalue weighted by molar-refractivity contribution is 6.31. The van der Waals surface area contributed by atoms with E-state index < -0.39 is 11.6 Å². The lowest BCUT2D eigenvalue weighted by Crippen LogP contribution is -2.33. The van der Waals surface area contributed by atoms with Gasteiger partial charge in [-0.2, -0.15) is 4.68 Å². The van der Waals surface area contributed by atoms with Gasteiger partial charge in [0.2, 0.25) is 5.60 Å². The maximum absolute atomic E-state index is 11.4. The van der Waals surface area contributed by atoms with Gasteiger partial charge in [-0.25, -0.2) is 4.79 Å². The zero-order chi connectivity index (χ0) is 17.6. The molecule has 0 aliphatic heterocycles. The van der Waals surface area contributed by atoms with Crippen LogP contribution in [-0.4, -0.2) is 41.4 Å². The molecule has 0 spiro atoms. The quantitative estimate of drug-likeness (QED) is 0.731. The van der Waals surface area contributed by atoms with E-state index in [9.17, 15) is 15.0 Å². The number of hydrogen-bond donors (Lipinski definition) is 2. The average Bonchev–Trinajstić information content (AvgIpc) is 3.24. The molecular weight excluding hydrogens is 346 g/mol. The van der Waals surface area contributed by atoms with E-state index in [1.807, 2.05) is 6.07 Å². The maximum Gasteiger partial charge on any atom is 0.342 e. The molecule has 25 heavy (non-hydrogen) atoms. The fourth-order valence-electron chi connectivity index (χ4n) is 3.07. The summed E-state index contributed by atoms with van der Waals surface area (Å²) in [5.74, 6) is -1.29. The molecule has 1 unspecified atom stereocenters. The molecule has 0 saturated carbocycles. The highest BCUT2D eigenvalue weighted by Gasteiger charge is 2.45. The van der Waals surface area contributed by atoms with Gasteiger partial charge < -0.3 is 10.2 Å². The van der Waals surface area contributed by atoms with Gasteiger partial charge in [-0.05, 0) is 53.1 Å². The Morgan fingerprint density at radius 3 is 2.88 bits per heavy atom. The molecule has 0 bridgehead atoms. The highest BCUT2D eigenvalue weighted by atomic mass is 35.5. The number of carbonyl (C=O) groups is 1. The van der Waals surface area contributed by atoms with Gasteiger partial charge in [0.05, 0.1) is 11.4 Å². The number of carboxylic acid groups (broad SMARTS) is 1. The third-order valence-corrected chi connectivity index (χ3v) is 4.57. The minimum atomic E-state index is -1.93. The lowest BCUT2D eigenvalue weighted by molar-refractivity contribution is -0.159. The molecule has 2 N–H and O–H groups in total. The lowest BCUT2D eigenvalue weighted by atomic mass is 9.99. The van der Waals surface area contributed by atoms with Gasteiger partial charge in [0.15, 0.2) is 0 Å². The highest BCUT2D eigenvalue weighted by Crippen LogP contribution is 2.38. The number of tetrazole rings is 1. The van der Waals surface area contributed by atoms with E-state index in [-0.39, 0.29) is 12.1 Å². The minimum Gasteiger partial charge on any atom is -0.479 e. The Hall–Kier alpha value is -2.84. The number of aliphatic hydroxyl groups is 1. The number of carboxylic acids is 1. The number of aliphatic carboxylic acids is 1. The summed E-state index contributed by atoms with van der Waals surface area (Å²) < 4.78 is 1.51. The topological polar surface area (TPSA) is 114 Å². The van der Waals surface area contributed by atoms with Crippen LogP contribution in [0.15, 0.2) is 36.8 Å². The normalized spacial score (nSPS) is 19.0. The van der Waals surface area contributed by atoms with E-state index >= 15 is 0 Å².